The first-order valence-electron chi connectivity index (χ1n) is 15.2. The van der Waals surface area contributed by atoms with Gasteiger partial charge < -0.3 is 30.3 Å². The molecule has 1 atom stereocenters. The predicted octanol–water partition coefficient (Wildman–Crippen LogP) is 4.94. The number of hydrogen-bond donors (Lipinski definition) is 3. The predicted molar refractivity (Wildman–Crippen MR) is 160 cm³/mol. The van der Waals surface area contributed by atoms with E-state index in [0.717, 1.165) is 56.5 Å². The Morgan fingerprint density at radius 3 is 2.51 bits per heavy atom. The molecule has 2 saturated carbocycles. The van der Waals surface area contributed by atoms with Crippen LogP contribution in [0.15, 0.2) is 24.4 Å². The van der Waals surface area contributed by atoms with E-state index in [1.807, 2.05) is 7.05 Å². The molecule has 2 aliphatic carbocycles. The Hall–Kier alpha value is -3.40. The lowest BCUT2D eigenvalue weighted by molar-refractivity contribution is -0.118. The average molecular weight is 565 g/mol. The zero-order chi connectivity index (χ0) is 28.9. The van der Waals surface area contributed by atoms with Crippen molar-refractivity contribution >= 4 is 35.0 Å². The number of carbonyl (C=O) groups is 2. The molecule has 2 heterocycles. The van der Waals surface area contributed by atoms with Crippen LogP contribution in [-0.2, 0) is 4.79 Å². The molecule has 41 heavy (non-hydrogen) atoms. The first-order valence-corrected chi connectivity index (χ1v) is 15.2. The van der Waals surface area contributed by atoms with Crippen molar-refractivity contribution in [2.75, 3.05) is 29.3 Å². The number of hydrogen-bond acceptors (Lipinski definition) is 8. The lowest BCUT2D eigenvalue weighted by atomic mass is 9.93. The highest BCUT2D eigenvalue weighted by Crippen LogP contribution is 2.38. The van der Waals surface area contributed by atoms with Crippen molar-refractivity contribution in [2.45, 2.75) is 108 Å². The van der Waals surface area contributed by atoms with E-state index in [9.17, 15) is 14.7 Å². The summed E-state index contributed by atoms with van der Waals surface area (Å²) >= 11 is 0. The molecule has 2 amide bonds. The van der Waals surface area contributed by atoms with Crippen LogP contribution in [0.1, 0.15) is 94.3 Å². The monoisotopic (exact) mass is 564 g/mol. The third-order valence-corrected chi connectivity index (χ3v) is 8.93. The van der Waals surface area contributed by atoms with Crippen LogP contribution < -0.4 is 25.2 Å². The lowest BCUT2D eigenvalue weighted by Gasteiger charge is -2.38. The van der Waals surface area contributed by atoms with Crippen LogP contribution in [0.3, 0.4) is 0 Å². The summed E-state index contributed by atoms with van der Waals surface area (Å²) in [7, 11) is 3.39. The fraction of sp³-hybridized carbons (Fsp3) is 0.613. The third-order valence-electron chi connectivity index (χ3n) is 8.93. The maximum Gasteiger partial charge on any atom is 0.251 e. The number of aliphatic hydroxyl groups excluding tert-OH is 1. The summed E-state index contributed by atoms with van der Waals surface area (Å²) in [5.74, 6) is 1.62. The van der Waals surface area contributed by atoms with Crippen LogP contribution in [0.5, 0.6) is 5.75 Å². The standard InChI is InChI=1S/C31H44N6O4/c1-20-8-4-7-11-28(39)36(2)26-19-32-31(35-29(26)37(20)23-9-5-6-10-23)34-25-17-12-21(18-27(25)41-3)30(40)33-22-13-15-24(38)16-14-22/h12,17-20,22-24,38H,4-11,13-16H2,1-3H3,(H,33,40)(H,32,34,35)/t20-,22?,24?/m0/s1. The van der Waals surface area contributed by atoms with E-state index in [-0.39, 0.29) is 24.0 Å². The molecule has 5 rings (SSSR count). The number of fused-ring (bicyclic) bond motifs is 1. The Balaban J connectivity index is 1.41. The summed E-state index contributed by atoms with van der Waals surface area (Å²) in [4.78, 5) is 39.7. The number of amides is 2. The number of rotatable bonds is 6. The van der Waals surface area contributed by atoms with Gasteiger partial charge in [0, 0.05) is 37.2 Å². The number of anilines is 4. The molecule has 10 nitrogen and oxygen atoms in total. The first-order chi connectivity index (χ1) is 19.8. The Morgan fingerprint density at radius 1 is 1.05 bits per heavy atom. The highest BCUT2D eigenvalue weighted by Gasteiger charge is 2.32. The largest absolute Gasteiger partial charge is 0.495 e. The lowest BCUT2D eigenvalue weighted by Crippen LogP contribution is -2.43. The number of carbonyl (C=O) groups excluding carboxylic acids is 2. The molecule has 3 N–H and O–H groups in total. The molecule has 222 valence electrons. The maximum atomic E-state index is 13.0. The second-order valence-electron chi connectivity index (χ2n) is 11.8. The van der Waals surface area contributed by atoms with Crippen molar-refractivity contribution in [2.24, 2.45) is 0 Å². The van der Waals surface area contributed by atoms with Crippen LogP contribution in [0.25, 0.3) is 0 Å². The molecular weight excluding hydrogens is 520 g/mol. The van der Waals surface area contributed by atoms with E-state index in [1.54, 1.807) is 36.4 Å². The molecule has 10 heteroatoms. The number of aliphatic hydroxyl groups is 1. The van der Waals surface area contributed by atoms with E-state index in [1.165, 1.54) is 12.8 Å². The van der Waals surface area contributed by atoms with E-state index in [2.05, 4.69) is 27.4 Å². The van der Waals surface area contributed by atoms with Gasteiger partial charge in [0.15, 0.2) is 5.82 Å². The van der Waals surface area contributed by atoms with Crippen LogP contribution in [0.2, 0.25) is 0 Å². The van der Waals surface area contributed by atoms with Gasteiger partial charge in [-0.3, -0.25) is 9.59 Å². The topological polar surface area (TPSA) is 120 Å². The Labute approximate surface area is 242 Å². The third kappa shape index (κ3) is 6.74. The molecule has 0 saturated heterocycles. The smallest absolute Gasteiger partial charge is 0.251 e. The van der Waals surface area contributed by atoms with Gasteiger partial charge in [-0.2, -0.15) is 4.98 Å². The van der Waals surface area contributed by atoms with E-state index in [4.69, 9.17) is 9.72 Å². The fourth-order valence-electron chi connectivity index (χ4n) is 6.48. The second kappa shape index (κ2) is 13.1. The summed E-state index contributed by atoms with van der Waals surface area (Å²) < 4.78 is 5.65. The van der Waals surface area contributed by atoms with Crippen molar-refractivity contribution in [1.29, 1.82) is 0 Å². The van der Waals surface area contributed by atoms with E-state index in [0.29, 0.717) is 54.3 Å². The molecule has 0 spiro atoms. The van der Waals surface area contributed by atoms with Gasteiger partial charge in [-0.1, -0.05) is 19.3 Å². The molecule has 0 bridgehead atoms. The van der Waals surface area contributed by atoms with Gasteiger partial charge in [-0.15, -0.1) is 0 Å². The quantitative estimate of drug-likeness (QED) is 0.452. The number of ether oxygens (including phenoxy) is 1. The number of aromatic nitrogens is 2. The number of methoxy groups -OCH3 is 1. The fourth-order valence-corrected chi connectivity index (χ4v) is 6.48. The Bertz CT molecular complexity index is 1230. The van der Waals surface area contributed by atoms with Crippen molar-refractivity contribution < 1.29 is 19.4 Å². The van der Waals surface area contributed by atoms with Gasteiger partial charge in [0.2, 0.25) is 11.9 Å². The molecular formula is C31H44N6O4. The number of benzene rings is 1. The Kier molecular flexibility index (Phi) is 9.27. The minimum Gasteiger partial charge on any atom is -0.495 e. The van der Waals surface area contributed by atoms with Gasteiger partial charge in [0.25, 0.3) is 5.91 Å². The molecule has 3 aliphatic rings. The molecule has 2 fully saturated rings. The second-order valence-corrected chi connectivity index (χ2v) is 11.8. The average Bonchev–Trinajstić information content (AvgIpc) is 3.50. The number of nitrogens with one attached hydrogen (secondary N) is 2. The minimum absolute atomic E-state index is 0.0654. The molecule has 2 aromatic rings. The SMILES string of the molecule is COc1cc(C(=O)NC2CCC(O)CC2)ccc1Nc1ncc2c(n1)N(C1CCCC1)[C@@H](C)CCCCC(=O)N2C. The normalized spacial score (nSPS) is 24.1. The highest BCUT2D eigenvalue weighted by atomic mass is 16.5. The number of nitrogens with zero attached hydrogens (tertiary/aromatic N) is 4. The molecule has 1 aromatic heterocycles. The summed E-state index contributed by atoms with van der Waals surface area (Å²) in [5.41, 5.74) is 1.89. The van der Waals surface area contributed by atoms with Crippen LogP contribution in [0.4, 0.5) is 23.1 Å². The highest BCUT2D eigenvalue weighted by molar-refractivity contribution is 5.96. The zero-order valence-corrected chi connectivity index (χ0v) is 24.6. The van der Waals surface area contributed by atoms with Gasteiger partial charge in [0.05, 0.1) is 25.1 Å². The van der Waals surface area contributed by atoms with Gasteiger partial charge in [-0.25, -0.2) is 4.98 Å². The van der Waals surface area contributed by atoms with E-state index >= 15 is 0 Å². The maximum absolute atomic E-state index is 13.0. The van der Waals surface area contributed by atoms with E-state index < -0.39 is 0 Å². The summed E-state index contributed by atoms with van der Waals surface area (Å²) in [6.45, 7) is 2.27. The summed E-state index contributed by atoms with van der Waals surface area (Å²) in [6.07, 6.45) is 12.5. The van der Waals surface area contributed by atoms with Crippen LogP contribution in [-0.4, -0.2) is 65.3 Å². The minimum atomic E-state index is -0.267. The molecule has 1 aliphatic heterocycles. The zero-order valence-electron chi connectivity index (χ0n) is 24.6. The van der Waals surface area contributed by atoms with Gasteiger partial charge in [-0.05, 0) is 76.5 Å². The van der Waals surface area contributed by atoms with Crippen molar-refractivity contribution in [3.8, 4) is 5.75 Å². The van der Waals surface area contributed by atoms with Gasteiger partial charge in [0.1, 0.15) is 11.4 Å². The van der Waals surface area contributed by atoms with Crippen molar-refractivity contribution in [1.82, 2.24) is 15.3 Å². The summed E-state index contributed by atoms with van der Waals surface area (Å²) in [6, 6.07) is 6.03. The molecule has 0 unspecified atom stereocenters. The van der Waals surface area contributed by atoms with Gasteiger partial charge >= 0.3 is 0 Å². The first kappa shape index (κ1) is 29.1. The van der Waals surface area contributed by atoms with Crippen LogP contribution in [0, 0.1) is 0 Å². The van der Waals surface area contributed by atoms with Crippen LogP contribution >= 0.6 is 0 Å². The molecule has 0 radical (unpaired) electrons. The van der Waals surface area contributed by atoms with Crippen molar-refractivity contribution in [3.63, 3.8) is 0 Å². The van der Waals surface area contributed by atoms with Crippen molar-refractivity contribution in [3.05, 3.63) is 30.0 Å². The molecule has 1 aromatic carbocycles. The summed E-state index contributed by atoms with van der Waals surface area (Å²) in [5, 5.41) is 16.1. The Morgan fingerprint density at radius 2 is 1.78 bits per heavy atom.